The number of hydrogen-bond acceptors (Lipinski definition) is 6. The third-order valence-corrected chi connectivity index (χ3v) is 5.54. The van der Waals surface area contributed by atoms with Crippen molar-refractivity contribution in [2.75, 3.05) is 51.9 Å². The maximum atomic E-state index is 5.50. The zero-order chi connectivity index (χ0) is 15.2. The Labute approximate surface area is 141 Å². The Morgan fingerprint density at radius 2 is 2.05 bits per heavy atom. The second-order valence-corrected chi connectivity index (χ2v) is 7.17. The first kappa shape index (κ1) is 16.1. The molecule has 5 nitrogen and oxygen atoms in total. The minimum Gasteiger partial charge on any atom is -0.379 e. The van der Waals surface area contributed by atoms with Crippen molar-refractivity contribution in [2.45, 2.75) is 6.54 Å². The third kappa shape index (κ3) is 4.63. The van der Waals surface area contributed by atoms with Crippen molar-refractivity contribution in [1.82, 2.24) is 19.7 Å². The molecule has 0 spiro atoms. The number of pyridine rings is 1. The van der Waals surface area contributed by atoms with Gasteiger partial charge in [0.2, 0.25) is 0 Å². The van der Waals surface area contributed by atoms with Gasteiger partial charge in [-0.05, 0) is 11.6 Å². The fourth-order valence-electron chi connectivity index (χ4n) is 2.65. The minimum atomic E-state index is 0.841. The SMILES string of the molecule is S=C1SCN(CCN2CCOCC2)CN1Cc1cccnc1. The fraction of sp³-hybridized carbons (Fsp3) is 0.600. The van der Waals surface area contributed by atoms with E-state index < -0.39 is 0 Å². The van der Waals surface area contributed by atoms with E-state index in [0.717, 1.165) is 62.8 Å². The van der Waals surface area contributed by atoms with Crippen LogP contribution in [0.5, 0.6) is 0 Å². The molecule has 0 unspecified atom stereocenters. The van der Waals surface area contributed by atoms with Crippen LogP contribution >= 0.6 is 24.0 Å². The minimum absolute atomic E-state index is 0.841. The van der Waals surface area contributed by atoms with Gasteiger partial charge < -0.3 is 9.64 Å². The van der Waals surface area contributed by atoms with Gasteiger partial charge in [0.1, 0.15) is 4.32 Å². The van der Waals surface area contributed by atoms with E-state index in [9.17, 15) is 0 Å². The highest BCUT2D eigenvalue weighted by Crippen LogP contribution is 2.20. The van der Waals surface area contributed by atoms with Crippen molar-refractivity contribution >= 4 is 28.3 Å². The Bertz CT molecular complexity index is 482. The summed E-state index contributed by atoms with van der Waals surface area (Å²) >= 11 is 7.26. The number of aromatic nitrogens is 1. The number of thiocarbonyl (C=S) groups is 1. The predicted octanol–water partition coefficient (Wildman–Crippen LogP) is 1.46. The van der Waals surface area contributed by atoms with E-state index >= 15 is 0 Å². The van der Waals surface area contributed by atoms with Crippen LogP contribution in [0, 0.1) is 0 Å². The maximum Gasteiger partial charge on any atom is 0.138 e. The molecule has 0 bridgehead atoms. The summed E-state index contributed by atoms with van der Waals surface area (Å²) in [5, 5.41) is 0. The van der Waals surface area contributed by atoms with E-state index in [2.05, 4.69) is 25.8 Å². The number of hydrogen-bond donors (Lipinski definition) is 0. The van der Waals surface area contributed by atoms with Crippen LogP contribution in [0.4, 0.5) is 0 Å². The van der Waals surface area contributed by atoms with E-state index in [1.807, 2.05) is 12.3 Å². The monoisotopic (exact) mass is 338 g/mol. The summed E-state index contributed by atoms with van der Waals surface area (Å²) < 4.78 is 6.39. The fourth-order valence-corrected chi connectivity index (χ4v) is 3.74. The number of morpholine rings is 1. The Morgan fingerprint density at radius 3 is 2.82 bits per heavy atom. The van der Waals surface area contributed by atoms with Crippen LogP contribution in [0.15, 0.2) is 24.5 Å². The molecule has 0 N–H and O–H groups in total. The topological polar surface area (TPSA) is 31.8 Å². The Hall–Kier alpha value is -0.730. The van der Waals surface area contributed by atoms with Crippen LogP contribution in [-0.4, -0.2) is 75.9 Å². The van der Waals surface area contributed by atoms with Crippen LogP contribution in [0.3, 0.4) is 0 Å². The molecule has 3 rings (SSSR count). The average molecular weight is 339 g/mol. The summed E-state index contributed by atoms with van der Waals surface area (Å²) in [5.74, 6) is 0.993. The summed E-state index contributed by atoms with van der Waals surface area (Å²) in [7, 11) is 0. The third-order valence-electron chi connectivity index (χ3n) is 3.93. The predicted molar refractivity (Wildman–Crippen MR) is 93.7 cm³/mol. The Morgan fingerprint density at radius 1 is 1.23 bits per heavy atom. The smallest absolute Gasteiger partial charge is 0.138 e. The lowest BCUT2D eigenvalue weighted by atomic mass is 10.3. The molecule has 0 saturated carbocycles. The van der Waals surface area contributed by atoms with Gasteiger partial charge in [-0.15, -0.1) is 0 Å². The lowest BCUT2D eigenvalue weighted by Gasteiger charge is -2.38. The summed E-state index contributed by atoms with van der Waals surface area (Å²) in [5.41, 5.74) is 1.21. The van der Waals surface area contributed by atoms with Crippen molar-refractivity contribution < 1.29 is 4.74 Å². The number of ether oxygens (including phenoxy) is 1. The lowest BCUT2D eigenvalue weighted by Crippen LogP contribution is -2.48. The molecule has 2 fully saturated rings. The summed E-state index contributed by atoms with van der Waals surface area (Å²) in [6.07, 6.45) is 3.72. The summed E-state index contributed by atoms with van der Waals surface area (Å²) in [6, 6.07) is 4.08. The van der Waals surface area contributed by atoms with Gasteiger partial charge in [0.15, 0.2) is 0 Å². The average Bonchev–Trinajstić information content (AvgIpc) is 2.57. The largest absolute Gasteiger partial charge is 0.379 e. The molecule has 0 atom stereocenters. The van der Waals surface area contributed by atoms with Crippen molar-refractivity contribution in [3.63, 3.8) is 0 Å². The molecule has 0 aliphatic carbocycles. The molecule has 120 valence electrons. The molecule has 0 aromatic carbocycles. The van der Waals surface area contributed by atoms with Gasteiger partial charge in [0, 0.05) is 45.1 Å². The van der Waals surface area contributed by atoms with Crippen molar-refractivity contribution in [3.05, 3.63) is 30.1 Å². The first-order valence-corrected chi connectivity index (χ1v) is 9.04. The molecule has 3 heterocycles. The van der Waals surface area contributed by atoms with E-state index in [0.29, 0.717) is 0 Å². The molecule has 7 heteroatoms. The van der Waals surface area contributed by atoms with Gasteiger partial charge in [-0.3, -0.25) is 14.8 Å². The van der Waals surface area contributed by atoms with Gasteiger partial charge >= 0.3 is 0 Å². The molecule has 1 aromatic heterocycles. The van der Waals surface area contributed by atoms with Crippen LogP contribution in [-0.2, 0) is 11.3 Å². The van der Waals surface area contributed by atoms with Crippen LogP contribution in [0.1, 0.15) is 5.56 Å². The maximum absolute atomic E-state index is 5.50. The van der Waals surface area contributed by atoms with Crippen LogP contribution in [0.2, 0.25) is 0 Å². The zero-order valence-electron chi connectivity index (χ0n) is 12.7. The molecule has 2 aliphatic rings. The van der Waals surface area contributed by atoms with Crippen LogP contribution in [0.25, 0.3) is 0 Å². The van der Waals surface area contributed by atoms with Gasteiger partial charge in [-0.25, -0.2) is 0 Å². The van der Waals surface area contributed by atoms with E-state index in [4.69, 9.17) is 17.0 Å². The molecule has 22 heavy (non-hydrogen) atoms. The van der Waals surface area contributed by atoms with Crippen molar-refractivity contribution in [2.24, 2.45) is 0 Å². The first-order valence-electron chi connectivity index (χ1n) is 7.64. The molecule has 0 amide bonds. The molecular formula is C15H22N4OS2. The first-order chi connectivity index (χ1) is 10.8. The normalized spacial score (nSPS) is 21.3. The Balaban J connectivity index is 1.48. The highest BCUT2D eigenvalue weighted by atomic mass is 32.2. The molecule has 2 aliphatic heterocycles. The van der Waals surface area contributed by atoms with Gasteiger partial charge in [0.05, 0.1) is 25.8 Å². The quantitative estimate of drug-likeness (QED) is 0.752. The standard InChI is InChI=1S/C15H22N4OS2/c21-15-19(11-14-2-1-3-16-10-14)12-18(13-22-15)5-4-17-6-8-20-9-7-17/h1-3,10H,4-9,11-13H2. The summed E-state index contributed by atoms with van der Waals surface area (Å²) in [6.45, 7) is 7.78. The van der Waals surface area contributed by atoms with E-state index in [1.165, 1.54) is 5.56 Å². The number of nitrogens with zero attached hydrogens (tertiary/aromatic N) is 4. The second-order valence-electron chi connectivity index (χ2n) is 5.59. The molecular weight excluding hydrogens is 316 g/mol. The molecule has 0 radical (unpaired) electrons. The molecule has 1 aromatic rings. The van der Waals surface area contributed by atoms with E-state index in [-0.39, 0.29) is 0 Å². The number of thioether (sulfide) groups is 1. The van der Waals surface area contributed by atoms with Gasteiger partial charge in [-0.2, -0.15) is 0 Å². The van der Waals surface area contributed by atoms with Crippen molar-refractivity contribution in [1.29, 1.82) is 0 Å². The second kappa shape index (κ2) is 8.21. The molecule has 2 saturated heterocycles. The Kier molecular flexibility index (Phi) is 6.03. The van der Waals surface area contributed by atoms with Gasteiger partial charge in [0.25, 0.3) is 0 Å². The summed E-state index contributed by atoms with van der Waals surface area (Å²) in [4.78, 5) is 11.4. The lowest BCUT2D eigenvalue weighted by molar-refractivity contribution is 0.0324. The van der Waals surface area contributed by atoms with Gasteiger partial charge in [-0.1, -0.05) is 30.0 Å². The number of rotatable bonds is 5. The zero-order valence-corrected chi connectivity index (χ0v) is 14.3. The highest BCUT2D eigenvalue weighted by Gasteiger charge is 2.22. The van der Waals surface area contributed by atoms with Crippen LogP contribution < -0.4 is 0 Å². The van der Waals surface area contributed by atoms with Crippen molar-refractivity contribution in [3.8, 4) is 0 Å². The van der Waals surface area contributed by atoms with E-state index in [1.54, 1.807) is 18.0 Å². The highest BCUT2D eigenvalue weighted by molar-refractivity contribution is 8.22.